The molecule has 1 aromatic carbocycles. The van der Waals surface area contributed by atoms with Crippen LogP contribution < -0.4 is 21.7 Å². The van der Waals surface area contributed by atoms with Crippen molar-refractivity contribution in [3.05, 3.63) is 29.8 Å². The molecule has 0 heterocycles. The molecule has 12 nitrogen and oxygen atoms in total. The lowest BCUT2D eigenvalue weighted by molar-refractivity contribution is -0.144. The molecule has 12 heteroatoms. The largest absolute Gasteiger partial charge is 0.508 e. The molecule has 0 aliphatic heterocycles. The van der Waals surface area contributed by atoms with E-state index in [1.54, 1.807) is 26.0 Å². The number of rotatable bonds is 14. The molecule has 8 N–H and O–H groups in total. The first-order chi connectivity index (χ1) is 16.0. The quantitative estimate of drug-likeness (QED) is 0.180. The van der Waals surface area contributed by atoms with Crippen LogP contribution in [0.4, 0.5) is 0 Å². The number of nitrogens with two attached hydrogens (primary N) is 1. The Hall–Kier alpha value is -3.67. The van der Waals surface area contributed by atoms with Crippen molar-refractivity contribution in [2.75, 3.05) is 6.54 Å². The summed E-state index contributed by atoms with van der Waals surface area (Å²) in [6, 6.07) is 2.15. The van der Waals surface area contributed by atoms with Crippen LogP contribution in [0.2, 0.25) is 0 Å². The summed E-state index contributed by atoms with van der Waals surface area (Å²) in [7, 11) is 0. The number of phenols is 1. The van der Waals surface area contributed by atoms with E-state index in [4.69, 9.17) is 10.8 Å². The van der Waals surface area contributed by atoms with Crippen molar-refractivity contribution in [3.8, 4) is 5.75 Å². The molecule has 4 atom stereocenters. The maximum atomic E-state index is 13.0. The molecule has 0 fully saturated rings. The van der Waals surface area contributed by atoms with Gasteiger partial charge in [-0.05, 0) is 30.0 Å². The Kier molecular flexibility index (Phi) is 11.5. The Bertz CT molecular complexity index is 874. The Balaban J connectivity index is 3.09. The highest BCUT2D eigenvalue weighted by Crippen LogP contribution is 2.13. The van der Waals surface area contributed by atoms with E-state index in [9.17, 15) is 34.2 Å². The second kappa shape index (κ2) is 13.8. The van der Waals surface area contributed by atoms with E-state index in [-0.39, 0.29) is 18.6 Å². The third kappa shape index (κ3) is 9.45. The zero-order valence-corrected chi connectivity index (χ0v) is 19.1. The van der Waals surface area contributed by atoms with Gasteiger partial charge in [-0.15, -0.1) is 0 Å². The predicted octanol–water partition coefficient (Wildman–Crippen LogP) is -0.657. The van der Waals surface area contributed by atoms with E-state index in [1.807, 2.05) is 0 Å². The Morgan fingerprint density at radius 2 is 1.53 bits per heavy atom. The lowest BCUT2D eigenvalue weighted by atomic mass is 9.98. The van der Waals surface area contributed by atoms with Crippen LogP contribution in [-0.4, -0.2) is 69.7 Å². The van der Waals surface area contributed by atoms with Crippen LogP contribution in [0.25, 0.3) is 0 Å². The first-order valence-electron chi connectivity index (χ1n) is 10.8. The van der Waals surface area contributed by atoms with E-state index in [1.165, 1.54) is 12.1 Å². The van der Waals surface area contributed by atoms with Gasteiger partial charge in [-0.2, -0.15) is 0 Å². The van der Waals surface area contributed by atoms with Crippen molar-refractivity contribution in [1.82, 2.24) is 16.0 Å². The molecule has 0 saturated heterocycles. The predicted molar refractivity (Wildman–Crippen MR) is 121 cm³/mol. The van der Waals surface area contributed by atoms with Gasteiger partial charge >= 0.3 is 11.9 Å². The van der Waals surface area contributed by atoms with Gasteiger partial charge in [-0.3, -0.25) is 19.2 Å². The Morgan fingerprint density at radius 1 is 0.941 bits per heavy atom. The summed E-state index contributed by atoms with van der Waals surface area (Å²) >= 11 is 0. The molecule has 0 spiro atoms. The monoisotopic (exact) mass is 480 g/mol. The number of nitrogens with one attached hydrogen (secondary N) is 3. The fraction of sp³-hybridized carbons (Fsp3) is 0.500. The van der Waals surface area contributed by atoms with Crippen LogP contribution in [0.5, 0.6) is 5.75 Å². The number of carboxylic acids is 2. The van der Waals surface area contributed by atoms with Crippen LogP contribution in [0.1, 0.15) is 38.7 Å². The van der Waals surface area contributed by atoms with Gasteiger partial charge in [-0.25, -0.2) is 4.79 Å². The average Bonchev–Trinajstić information content (AvgIpc) is 2.79. The topological polar surface area (TPSA) is 208 Å². The molecule has 34 heavy (non-hydrogen) atoms. The molecule has 0 radical (unpaired) electrons. The summed E-state index contributed by atoms with van der Waals surface area (Å²) in [5.41, 5.74) is 5.91. The van der Waals surface area contributed by atoms with Gasteiger partial charge < -0.3 is 37.0 Å². The molecular formula is C22H32N4O8. The molecule has 0 aliphatic rings. The van der Waals surface area contributed by atoms with E-state index < -0.39 is 66.7 Å². The molecule has 188 valence electrons. The molecule has 4 unspecified atom stereocenters. The number of aromatic hydroxyl groups is 1. The average molecular weight is 481 g/mol. The van der Waals surface area contributed by atoms with Crippen LogP contribution in [0.3, 0.4) is 0 Å². The number of carboxylic acid groups (broad SMARTS) is 2. The van der Waals surface area contributed by atoms with Gasteiger partial charge in [0.05, 0.1) is 6.54 Å². The minimum Gasteiger partial charge on any atom is -0.508 e. The summed E-state index contributed by atoms with van der Waals surface area (Å²) in [6.07, 6.45) is -0.299. The minimum absolute atomic E-state index is 0.00422. The molecule has 0 aromatic heterocycles. The number of hydrogen-bond acceptors (Lipinski definition) is 7. The highest BCUT2D eigenvalue weighted by Gasteiger charge is 2.31. The van der Waals surface area contributed by atoms with Crippen LogP contribution in [-0.2, 0) is 30.4 Å². The molecular weight excluding hydrogens is 448 g/mol. The van der Waals surface area contributed by atoms with E-state index in [0.717, 1.165) is 0 Å². The fourth-order valence-electron chi connectivity index (χ4n) is 3.08. The van der Waals surface area contributed by atoms with Crippen molar-refractivity contribution in [2.24, 2.45) is 11.7 Å². The van der Waals surface area contributed by atoms with E-state index >= 15 is 0 Å². The van der Waals surface area contributed by atoms with Gasteiger partial charge in [0.1, 0.15) is 23.9 Å². The first kappa shape index (κ1) is 28.4. The SMILES string of the molecule is CCC(C)C(NC(=O)C(CCC(=O)O)NC(=O)C(Cc1ccc(O)cc1)NC(=O)CN)C(=O)O. The zero-order valence-electron chi connectivity index (χ0n) is 19.1. The summed E-state index contributed by atoms with van der Waals surface area (Å²) < 4.78 is 0. The van der Waals surface area contributed by atoms with Gasteiger partial charge in [0.2, 0.25) is 17.7 Å². The second-order valence-corrected chi connectivity index (χ2v) is 7.90. The Morgan fingerprint density at radius 3 is 2.03 bits per heavy atom. The van der Waals surface area contributed by atoms with Crippen molar-refractivity contribution >= 4 is 29.7 Å². The van der Waals surface area contributed by atoms with E-state index in [0.29, 0.717) is 12.0 Å². The fourth-order valence-corrected chi connectivity index (χ4v) is 3.08. The van der Waals surface area contributed by atoms with Crippen molar-refractivity contribution in [2.45, 2.75) is 57.7 Å². The lowest BCUT2D eigenvalue weighted by Crippen LogP contribution is -2.57. The molecule has 1 rings (SSSR count). The van der Waals surface area contributed by atoms with Crippen molar-refractivity contribution < 1.29 is 39.3 Å². The molecule has 0 aliphatic carbocycles. The first-order valence-corrected chi connectivity index (χ1v) is 10.8. The number of carbonyl (C=O) groups excluding carboxylic acids is 3. The summed E-state index contributed by atoms with van der Waals surface area (Å²) in [6.45, 7) is 3.00. The van der Waals surface area contributed by atoms with Gasteiger partial charge in [-0.1, -0.05) is 32.4 Å². The molecule has 3 amide bonds. The summed E-state index contributed by atoms with van der Waals surface area (Å²) in [4.78, 5) is 60.3. The van der Waals surface area contributed by atoms with Gasteiger partial charge in [0, 0.05) is 12.8 Å². The van der Waals surface area contributed by atoms with Crippen LogP contribution in [0, 0.1) is 5.92 Å². The highest BCUT2D eigenvalue weighted by atomic mass is 16.4. The third-order valence-electron chi connectivity index (χ3n) is 5.27. The molecule has 0 bridgehead atoms. The van der Waals surface area contributed by atoms with Crippen molar-refractivity contribution in [1.29, 1.82) is 0 Å². The van der Waals surface area contributed by atoms with Gasteiger partial charge in [0.15, 0.2) is 0 Å². The van der Waals surface area contributed by atoms with Crippen LogP contribution >= 0.6 is 0 Å². The van der Waals surface area contributed by atoms with Gasteiger partial charge in [0.25, 0.3) is 0 Å². The third-order valence-corrected chi connectivity index (χ3v) is 5.27. The highest BCUT2D eigenvalue weighted by molar-refractivity contribution is 5.94. The number of hydrogen-bond donors (Lipinski definition) is 7. The second-order valence-electron chi connectivity index (χ2n) is 7.90. The van der Waals surface area contributed by atoms with E-state index in [2.05, 4.69) is 16.0 Å². The zero-order chi connectivity index (χ0) is 25.8. The standard InChI is InChI=1S/C22H32N4O8/c1-3-12(2)19(22(33)34)26-20(31)15(8-9-18(29)30)25-21(32)16(24-17(28)11-23)10-13-4-6-14(27)7-5-13/h4-7,12,15-16,19,27H,3,8-11,23H2,1-2H3,(H,24,28)(H,25,32)(H,26,31)(H,29,30)(H,33,34). The summed E-state index contributed by atoms with van der Waals surface area (Å²) in [5.74, 6) is -5.13. The van der Waals surface area contributed by atoms with Crippen molar-refractivity contribution in [3.63, 3.8) is 0 Å². The number of benzene rings is 1. The molecule has 1 aromatic rings. The normalized spacial score (nSPS) is 14.2. The lowest BCUT2D eigenvalue weighted by Gasteiger charge is -2.26. The number of amides is 3. The summed E-state index contributed by atoms with van der Waals surface area (Å²) in [5, 5.41) is 35.1. The number of carbonyl (C=O) groups is 5. The maximum Gasteiger partial charge on any atom is 0.326 e. The van der Waals surface area contributed by atoms with Crippen LogP contribution in [0.15, 0.2) is 24.3 Å². The molecule has 0 saturated carbocycles. The Labute approximate surface area is 196 Å². The number of aliphatic carboxylic acids is 2. The maximum absolute atomic E-state index is 13.0. The smallest absolute Gasteiger partial charge is 0.326 e. The minimum atomic E-state index is -1.35. The number of phenolic OH excluding ortho intramolecular Hbond substituents is 1.